The number of aromatic nitrogens is 4. The fraction of sp³-hybridized carbons (Fsp3) is 0.429. The lowest BCUT2D eigenvalue weighted by atomic mass is 10.1. The number of hydrogen-bond acceptors (Lipinski definition) is 5. The van der Waals surface area contributed by atoms with Crippen LogP contribution in [-0.2, 0) is 0 Å². The van der Waals surface area contributed by atoms with Crippen molar-refractivity contribution in [2.24, 2.45) is 0 Å². The van der Waals surface area contributed by atoms with E-state index in [1.54, 1.807) is 11.0 Å². The minimum absolute atomic E-state index is 0.125. The van der Waals surface area contributed by atoms with Crippen LogP contribution in [0.4, 0.5) is 0 Å². The first-order valence-corrected chi connectivity index (χ1v) is 7.16. The van der Waals surface area contributed by atoms with Gasteiger partial charge in [-0.2, -0.15) is 5.10 Å². The average Bonchev–Trinajstić information content (AvgIpc) is 2.96. The van der Waals surface area contributed by atoms with Crippen LogP contribution in [0.1, 0.15) is 29.0 Å². The summed E-state index contributed by atoms with van der Waals surface area (Å²) in [4.78, 5) is 30.0. The van der Waals surface area contributed by atoms with Crippen LogP contribution in [0, 0.1) is 6.92 Å². The van der Waals surface area contributed by atoms with E-state index in [-0.39, 0.29) is 23.4 Å². The molecule has 8 nitrogen and oxygen atoms in total. The fourth-order valence-electron chi connectivity index (χ4n) is 2.46. The normalized spacial score (nSPS) is 18.2. The lowest BCUT2D eigenvalue weighted by molar-refractivity contribution is 0.0520. The predicted octanol–water partition coefficient (Wildman–Crippen LogP) is 0.485. The van der Waals surface area contributed by atoms with E-state index in [1.165, 1.54) is 6.20 Å². The molecule has 1 fully saturated rings. The first-order chi connectivity index (χ1) is 10.6. The second kappa shape index (κ2) is 6.00. The highest BCUT2D eigenvalue weighted by molar-refractivity contribution is 5.92. The van der Waals surface area contributed by atoms with Gasteiger partial charge in [-0.1, -0.05) is 0 Å². The van der Waals surface area contributed by atoms with Crippen molar-refractivity contribution >= 4 is 5.91 Å². The number of imidazole rings is 1. The number of rotatable bonds is 3. The Labute approximate surface area is 126 Å². The number of carbonyl (C=O) groups excluding carboxylic acids is 1. The third-order valence-corrected chi connectivity index (χ3v) is 3.55. The molecule has 0 aliphatic carbocycles. The second-order valence-electron chi connectivity index (χ2n) is 5.30. The third kappa shape index (κ3) is 3.16. The standard InChI is InChI=1S/C14H17N5O3/c1-9-4-5-12(18-17-9)22-10-3-2-6-19(8-10)13(20)11-7-15-14(21)16-11/h4-5,7,10H,2-3,6,8H2,1H3,(H2,15,16,21). The van der Waals surface area contributed by atoms with Crippen molar-refractivity contribution in [2.45, 2.75) is 25.9 Å². The van der Waals surface area contributed by atoms with E-state index in [0.29, 0.717) is 19.0 Å². The molecule has 0 saturated carbocycles. The van der Waals surface area contributed by atoms with E-state index in [0.717, 1.165) is 18.5 Å². The minimum Gasteiger partial charge on any atom is -0.471 e. The summed E-state index contributed by atoms with van der Waals surface area (Å²) >= 11 is 0. The Morgan fingerprint density at radius 3 is 2.95 bits per heavy atom. The van der Waals surface area contributed by atoms with Gasteiger partial charge in [-0.05, 0) is 25.8 Å². The van der Waals surface area contributed by atoms with Crippen molar-refractivity contribution in [1.29, 1.82) is 0 Å². The van der Waals surface area contributed by atoms with Gasteiger partial charge in [0.2, 0.25) is 5.88 Å². The molecule has 1 unspecified atom stereocenters. The molecule has 0 radical (unpaired) electrons. The molecule has 2 N–H and O–H groups in total. The van der Waals surface area contributed by atoms with Crippen LogP contribution in [0.15, 0.2) is 23.1 Å². The van der Waals surface area contributed by atoms with Crippen LogP contribution in [0.25, 0.3) is 0 Å². The molecule has 116 valence electrons. The number of likely N-dealkylation sites (tertiary alicyclic amines) is 1. The van der Waals surface area contributed by atoms with Crippen molar-refractivity contribution in [3.05, 3.63) is 40.2 Å². The monoisotopic (exact) mass is 303 g/mol. The molecule has 3 rings (SSSR count). The van der Waals surface area contributed by atoms with Crippen LogP contribution in [-0.4, -0.2) is 50.2 Å². The molecule has 0 spiro atoms. The van der Waals surface area contributed by atoms with Gasteiger partial charge in [0.15, 0.2) is 0 Å². The van der Waals surface area contributed by atoms with E-state index >= 15 is 0 Å². The van der Waals surface area contributed by atoms with Crippen molar-refractivity contribution in [2.75, 3.05) is 13.1 Å². The Kier molecular flexibility index (Phi) is 3.90. The Morgan fingerprint density at radius 2 is 2.27 bits per heavy atom. The van der Waals surface area contributed by atoms with E-state index in [4.69, 9.17) is 4.74 Å². The first-order valence-electron chi connectivity index (χ1n) is 7.16. The van der Waals surface area contributed by atoms with Gasteiger partial charge < -0.3 is 19.6 Å². The number of piperidine rings is 1. The van der Waals surface area contributed by atoms with Crippen LogP contribution >= 0.6 is 0 Å². The molecule has 0 aromatic carbocycles. The van der Waals surface area contributed by atoms with E-state index in [2.05, 4.69) is 20.2 Å². The Bertz CT molecular complexity index is 706. The molecule has 1 atom stereocenters. The third-order valence-electron chi connectivity index (χ3n) is 3.55. The smallest absolute Gasteiger partial charge is 0.323 e. The van der Waals surface area contributed by atoms with Crippen LogP contribution < -0.4 is 10.4 Å². The highest BCUT2D eigenvalue weighted by atomic mass is 16.5. The highest BCUT2D eigenvalue weighted by Gasteiger charge is 2.26. The lowest BCUT2D eigenvalue weighted by Gasteiger charge is -2.32. The van der Waals surface area contributed by atoms with Gasteiger partial charge in [-0.3, -0.25) is 4.79 Å². The number of nitrogens with one attached hydrogen (secondary N) is 2. The summed E-state index contributed by atoms with van der Waals surface area (Å²) in [5, 5.41) is 7.93. The quantitative estimate of drug-likeness (QED) is 0.858. The second-order valence-corrected chi connectivity index (χ2v) is 5.30. The zero-order valence-corrected chi connectivity index (χ0v) is 12.2. The van der Waals surface area contributed by atoms with Gasteiger partial charge in [0.25, 0.3) is 5.91 Å². The van der Waals surface area contributed by atoms with Gasteiger partial charge in [0.05, 0.1) is 12.2 Å². The van der Waals surface area contributed by atoms with Crippen LogP contribution in [0.2, 0.25) is 0 Å². The van der Waals surface area contributed by atoms with E-state index < -0.39 is 0 Å². The molecule has 8 heteroatoms. The number of amides is 1. The van der Waals surface area contributed by atoms with Gasteiger partial charge in [0, 0.05) is 18.8 Å². The molecule has 1 aliphatic heterocycles. The van der Waals surface area contributed by atoms with Crippen LogP contribution in [0.3, 0.4) is 0 Å². The number of aryl methyl sites for hydroxylation is 1. The van der Waals surface area contributed by atoms with Gasteiger partial charge >= 0.3 is 5.69 Å². The summed E-state index contributed by atoms with van der Waals surface area (Å²) in [5.74, 6) is 0.251. The highest BCUT2D eigenvalue weighted by Crippen LogP contribution is 2.17. The zero-order chi connectivity index (χ0) is 15.5. The van der Waals surface area contributed by atoms with Gasteiger partial charge in [-0.15, -0.1) is 5.10 Å². The number of ether oxygens (including phenoxy) is 1. The molecule has 0 bridgehead atoms. The molecule has 2 aromatic rings. The summed E-state index contributed by atoms with van der Waals surface area (Å²) in [6.45, 7) is 2.96. The largest absolute Gasteiger partial charge is 0.471 e. The first kappa shape index (κ1) is 14.3. The van der Waals surface area contributed by atoms with E-state index in [1.807, 2.05) is 13.0 Å². The topological polar surface area (TPSA) is 104 Å². The summed E-state index contributed by atoms with van der Waals surface area (Å²) in [6, 6.07) is 3.60. The Morgan fingerprint density at radius 1 is 1.41 bits per heavy atom. The predicted molar refractivity (Wildman–Crippen MR) is 77.7 cm³/mol. The molecule has 22 heavy (non-hydrogen) atoms. The van der Waals surface area contributed by atoms with Crippen LogP contribution in [0.5, 0.6) is 5.88 Å². The maximum atomic E-state index is 12.3. The van der Waals surface area contributed by atoms with E-state index in [9.17, 15) is 9.59 Å². The number of nitrogens with zero attached hydrogens (tertiary/aromatic N) is 3. The Balaban J connectivity index is 1.65. The molecule has 1 saturated heterocycles. The summed E-state index contributed by atoms with van der Waals surface area (Å²) < 4.78 is 5.78. The number of aromatic amines is 2. The van der Waals surface area contributed by atoms with Crippen molar-refractivity contribution in [1.82, 2.24) is 25.1 Å². The number of carbonyl (C=O) groups is 1. The molecular weight excluding hydrogens is 286 g/mol. The number of hydrogen-bond donors (Lipinski definition) is 2. The maximum Gasteiger partial charge on any atom is 0.323 e. The number of H-pyrrole nitrogens is 2. The van der Waals surface area contributed by atoms with Gasteiger partial charge in [-0.25, -0.2) is 4.79 Å². The summed E-state index contributed by atoms with van der Waals surface area (Å²) in [6.07, 6.45) is 2.95. The molecule has 1 aliphatic rings. The summed E-state index contributed by atoms with van der Waals surface area (Å²) in [7, 11) is 0. The fourth-order valence-corrected chi connectivity index (χ4v) is 2.46. The molecular formula is C14H17N5O3. The van der Waals surface area contributed by atoms with Crippen molar-refractivity contribution in [3.63, 3.8) is 0 Å². The summed E-state index contributed by atoms with van der Waals surface area (Å²) in [5.41, 5.74) is 0.702. The lowest BCUT2D eigenvalue weighted by Crippen LogP contribution is -2.44. The minimum atomic E-state index is -0.386. The van der Waals surface area contributed by atoms with Gasteiger partial charge in [0.1, 0.15) is 11.8 Å². The van der Waals surface area contributed by atoms with Crippen molar-refractivity contribution < 1.29 is 9.53 Å². The average molecular weight is 303 g/mol. The SMILES string of the molecule is Cc1ccc(OC2CCCN(C(=O)c3c[nH]c(=O)[nH]3)C2)nn1. The molecule has 2 aromatic heterocycles. The molecule has 3 heterocycles. The molecule has 1 amide bonds. The zero-order valence-electron chi connectivity index (χ0n) is 12.2. The maximum absolute atomic E-state index is 12.3. The van der Waals surface area contributed by atoms with Crippen molar-refractivity contribution in [3.8, 4) is 5.88 Å². The Hall–Kier alpha value is -2.64.